The third kappa shape index (κ3) is 4.56. The van der Waals surface area contributed by atoms with E-state index >= 15 is 0 Å². The summed E-state index contributed by atoms with van der Waals surface area (Å²) in [6.07, 6.45) is 4.28. The number of hydrogen-bond acceptors (Lipinski definition) is 5. The summed E-state index contributed by atoms with van der Waals surface area (Å²) >= 11 is 1.31. The molecule has 3 rings (SSSR count). The number of carbonyl (C=O) groups excluding carboxylic acids is 2. The van der Waals surface area contributed by atoms with Crippen molar-refractivity contribution in [2.45, 2.75) is 25.7 Å². The molecule has 1 amide bonds. The van der Waals surface area contributed by atoms with Crippen LogP contribution in [-0.2, 0) is 14.3 Å². The first-order valence-electron chi connectivity index (χ1n) is 9.38. The van der Waals surface area contributed by atoms with E-state index in [-0.39, 0.29) is 11.5 Å². The van der Waals surface area contributed by atoms with Gasteiger partial charge in [-0.3, -0.25) is 9.59 Å². The number of methoxy groups -OCH3 is 1. The van der Waals surface area contributed by atoms with Gasteiger partial charge in [0.1, 0.15) is 5.00 Å². The Balaban J connectivity index is 1.88. The Morgan fingerprint density at radius 3 is 2.41 bits per heavy atom. The van der Waals surface area contributed by atoms with E-state index in [2.05, 4.69) is 5.32 Å². The number of ether oxygens (including phenoxy) is 1. The lowest BCUT2D eigenvalue weighted by Gasteiger charge is -2.24. The van der Waals surface area contributed by atoms with Crippen LogP contribution < -0.4 is 5.32 Å². The minimum absolute atomic E-state index is 0.0274. The Hall–Kier alpha value is -2.93. The zero-order chi connectivity index (χ0) is 21.0. The summed E-state index contributed by atoms with van der Waals surface area (Å²) in [7, 11) is 1.29. The predicted molar refractivity (Wildman–Crippen MR) is 111 cm³/mol. The number of benzene rings is 1. The van der Waals surface area contributed by atoms with Gasteiger partial charge in [-0.1, -0.05) is 49.4 Å². The topological polar surface area (TPSA) is 92.7 Å². The van der Waals surface area contributed by atoms with Crippen LogP contribution in [0.5, 0.6) is 0 Å². The number of carbonyl (C=O) groups is 3. The third-order valence-corrected chi connectivity index (χ3v) is 6.44. The summed E-state index contributed by atoms with van der Waals surface area (Å²) in [6, 6.07) is 11.6. The van der Waals surface area contributed by atoms with Gasteiger partial charge in [-0.05, 0) is 24.5 Å². The molecule has 1 aromatic carbocycles. The van der Waals surface area contributed by atoms with Crippen molar-refractivity contribution in [1.29, 1.82) is 0 Å². The minimum atomic E-state index is -0.993. The van der Waals surface area contributed by atoms with Crippen molar-refractivity contribution in [2.24, 2.45) is 11.8 Å². The molecule has 6 nitrogen and oxygen atoms in total. The number of hydrogen-bond donors (Lipinski definition) is 2. The van der Waals surface area contributed by atoms with Crippen LogP contribution in [0.15, 0.2) is 48.6 Å². The first-order valence-corrected chi connectivity index (χ1v) is 10.2. The van der Waals surface area contributed by atoms with Gasteiger partial charge in [0, 0.05) is 10.8 Å². The number of nitrogens with one attached hydrogen (secondary N) is 1. The summed E-state index contributed by atoms with van der Waals surface area (Å²) in [6.45, 7) is 2.03. The first-order chi connectivity index (χ1) is 13.9. The zero-order valence-electron chi connectivity index (χ0n) is 16.3. The van der Waals surface area contributed by atoms with Crippen LogP contribution >= 0.6 is 11.3 Å². The highest BCUT2D eigenvalue weighted by Gasteiger charge is 2.35. The number of amides is 1. The molecular weight excluding hydrogens is 390 g/mol. The first kappa shape index (κ1) is 20.8. The molecule has 29 heavy (non-hydrogen) atoms. The Labute approximate surface area is 173 Å². The molecular formula is C22H23NO5S. The van der Waals surface area contributed by atoms with Crippen LogP contribution in [0, 0.1) is 11.8 Å². The maximum absolute atomic E-state index is 12.8. The Kier molecular flexibility index (Phi) is 6.49. The number of allylic oxidation sites excluding steroid dienone is 2. The molecule has 1 aliphatic carbocycles. The quantitative estimate of drug-likeness (QED) is 0.544. The number of rotatable bonds is 6. The van der Waals surface area contributed by atoms with E-state index in [1.165, 1.54) is 18.4 Å². The SMILES string of the molecule is COC(=O)c1cc([C@H](C)c2ccccc2)sc1NC(=O)[C@@H]1CC=CC[C@H]1C(=O)O. The van der Waals surface area contributed by atoms with Gasteiger partial charge in [0.15, 0.2) is 0 Å². The maximum atomic E-state index is 12.8. The molecule has 0 bridgehead atoms. The van der Waals surface area contributed by atoms with E-state index in [9.17, 15) is 19.5 Å². The molecule has 3 atom stereocenters. The molecule has 1 aliphatic rings. The van der Waals surface area contributed by atoms with Crippen LogP contribution in [0.25, 0.3) is 0 Å². The molecule has 0 saturated carbocycles. The van der Waals surface area contributed by atoms with Gasteiger partial charge in [0.25, 0.3) is 0 Å². The van der Waals surface area contributed by atoms with Crippen LogP contribution in [0.1, 0.15) is 46.5 Å². The molecule has 2 N–H and O–H groups in total. The highest BCUT2D eigenvalue weighted by Crippen LogP contribution is 2.37. The van der Waals surface area contributed by atoms with Gasteiger partial charge in [-0.2, -0.15) is 0 Å². The van der Waals surface area contributed by atoms with Crippen molar-refractivity contribution in [1.82, 2.24) is 0 Å². The van der Waals surface area contributed by atoms with E-state index in [1.807, 2.05) is 43.3 Å². The zero-order valence-corrected chi connectivity index (χ0v) is 17.1. The van der Waals surface area contributed by atoms with Gasteiger partial charge in [-0.25, -0.2) is 4.79 Å². The fourth-order valence-electron chi connectivity index (χ4n) is 3.47. The molecule has 1 aromatic heterocycles. The predicted octanol–water partition coefficient (Wildman–Crippen LogP) is 4.29. The maximum Gasteiger partial charge on any atom is 0.340 e. The summed E-state index contributed by atoms with van der Waals surface area (Å²) in [5.41, 5.74) is 1.37. The van der Waals surface area contributed by atoms with Crippen molar-refractivity contribution in [2.75, 3.05) is 12.4 Å². The van der Waals surface area contributed by atoms with E-state index in [0.29, 0.717) is 17.8 Å². The van der Waals surface area contributed by atoms with Crippen molar-refractivity contribution < 1.29 is 24.2 Å². The van der Waals surface area contributed by atoms with E-state index in [4.69, 9.17) is 4.74 Å². The molecule has 7 heteroatoms. The highest BCUT2D eigenvalue weighted by atomic mass is 32.1. The number of aliphatic carboxylic acids is 1. The second kappa shape index (κ2) is 9.05. The standard InChI is InChI=1S/C22H23NO5S/c1-13(14-8-4-3-5-9-14)18-12-17(22(27)28-2)20(29-18)23-19(24)15-10-6-7-11-16(15)21(25)26/h3-9,12-13,15-16H,10-11H2,1-2H3,(H,23,24)(H,25,26)/t13-,15-,16-/m1/s1. The van der Waals surface area contributed by atoms with Crippen molar-refractivity contribution in [3.8, 4) is 0 Å². The Morgan fingerprint density at radius 2 is 1.79 bits per heavy atom. The summed E-state index contributed by atoms with van der Waals surface area (Å²) < 4.78 is 4.87. The second-order valence-electron chi connectivity index (χ2n) is 7.00. The molecule has 0 radical (unpaired) electrons. The average molecular weight is 413 g/mol. The van der Waals surface area contributed by atoms with Crippen LogP contribution in [0.2, 0.25) is 0 Å². The van der Waals surface area contributed by atoms with E-state index in [1.54, 1.807) is 12.1 Å². The number of esters is 1. The second-order valence-corrected chi connectivity index (χ2v) is 8.08. The van der Waals surface area contributed by atoms with Gasteiger partial charge < -0.3 is 15.2 Å². The van der Waals surface area contributed by atoms with Gasteiger partial charge in [-0.15, -0.1) is 11.3 Å². The third-order valence-electron chi connectivity index (χ3n) is 5.21. The molecule has 2 aromatic rings. The molecule has 152 valence electrons. The lowest BCUT2D eigenvalue weighted by atomic mass is 9.82. The molecule has 0 saturated heterocycles. The Morgan fingerprint density at radius 1 is 1.14 bits per heavy atom. The molecule has 0 spiro atoms. The molecule has 0 unspecified atom stereocenters. The normalized spacial score (nSPS) is 19.4. The number of anilines is 1. The number of carboxylic acids is 1. The summed E-state index contributed by atoms with van der Waals surface area (Å²) in [5, 5.41) is 12.6. The number of carboxylic acid groups (broad SMARTS) is 1. The Bertz CT molecular complexity index is 934. The van der Waals surface area contributed by atoms with E-state index in [0.717, 1.165) is 10.4 Å². The van der Waals surface area contributed by atoms with Crippen molar-refractivity contribution in [3.05, 3.63) is 64.6 Å². The molecule has 1 heterocycles. The number of thiophene rings is 1. The molecule has 0 fully saturated rings. The smallest absolute Gasteiger partial charge is 0.340 e. The highest BCUT2D eigenvalue weighted by molar-refractivity contribution is 7.16. The fraction of sp³-hybridized carbons (Fsp3) is 0.318. The van der Waals surface area contributed by atoms with Crippen molar-refractivity contribution >= 4 is 34.2 Å². The minimum Gasteiger partial charge on any atom is -0.481 e. The van der Waals surface area contributed by atoms with Crippen molar-refractivity contribution in [3.63, 3.8) is 0 Å². The summed E-state index contributed by atoms with van der Waals surface area (Å²) in [5.74, 6) is -3.36. The monoisotopic (exact) mass is 413 g/mol. The van der Waals surface area contributed by atoms with Gasteiger partial charge >= 0.3 is 11.9 Å². The van der Waals surface area contributed by atoms with Crippen LogP contribution in [-0.4, -0.2) is 30.1 Å². The molecule has 0 aliphatic heterocycles. The van der Waals surface area contributed by atoms with Gasteiger partial charge in [0.2, 0.25) is 5.91 Å². The summed E-state index contributed by atoms with van der Waals surface area (Å²) in [4.78, 5) is 37.5. The average Bonchev–Trinajstić information content (AvgIpc) is 3.16. The lowest BCUT2D eigenvalue weighted by molar-refractivity contribution is -0.146. The lowest BCUT2D eigenvalue weighted by Crippen LogP contribution is -2.34. The van der Waals surface area contributed by atoms with Gasteiger partial charge in [0.05, 0.1) is 24.5 Å². The van der Waals surface area contributed by atoms with Crippen LogP contribution in [0.3, 0.4) is 0 Å². The largest absolute Gasteiger partial charge is 0.481 e. The van der Waals surface area contributed by atoms with E-state index < -0.39 is 29.7 Å². The van der Waals surface area contributed by atoms with Crippen LogP contribution in [0.4, 0.5) is 5.00 Å². The fourth-order valence-corrected chi connectivity index (χ4v) is 4.59.